The third-order valence-corrected chi connectivity index (χ3v) is 4.07. The molecule has 0 radical (unpaired) electrons. The number of pyridine rings is 1. The van der Waals surface area contributed by atoms with Crippen molar-refractivity contribution >= 4 is 11.8 Å². The number of ether oxygens (including phenoxy) is 1. The molecule has 0 spiro atoms. The van der Waals surface area contributed by atoms with Crippen molar-refractivity contribution in [3.63, 3.8) is 0 Å². The second kappa shape index (κ2) is 7.35. The molecule has 0 amide bonds. The van der Waals surface area contributed by atoms with Gasteiger partial charge in [0.25, 0.3) is 0 Å². The quantitative estimate of drug-likeness (QED) is 0.822. The summed E-state index contributed by atoms with van der Waals surface area (Å²) in [6.07, 6.45) is -1.22. The predicted molar refractivity (Wildman–Crippen MR) is 87.9 cm³/mol. The van der Waals surface area contributed by atoms with Crippen LogP contribution in [-0.4, -0.2) is 33.9 Å². The third kappa shape index (κ3) is 3.97. The van der Waals surface area contributed by atoms with Gasteiger partial charge in [0.05, 0.1) is 6.61 Å². The standard InChI is InChI=1S/C17H19F3N4O2/c1-2-26-16(25)13-10-24(23-14(13)17(18,19)20)9-7-12-6-5-11-4-3-8-21-15(11)22-12/h5-6,10H,2-4,7-9H2,1H3,(H,21,22). The van der Waals surface area contributed by atoms with Crippen LogP contribution in [0.1, 0.15) is 40.7 Å². The maximum Gasteiger partial charge on any atom is 0.436 e. The number of nitrogens with zero attached hydrogens (tertiary/aromatic N) is 3. The van der Waals surface area contributed by atoms with Gasteiger partial charge in [-0.2, -0.15) is 18.3 Å². The van der Waals surface area contributed by atoms with Gasteiger partial charge >= 0.3 is 12.1 Å². The number of hydrogen-bond donors (Lipinski definition) is 1. The van der Waals surface area contributed by atoms with E-state index in [-0.39, 0.29) is 13.2 Å². The lowest BCUT2D eigenvalue weighted by molar-refractivity contribution is -0.142. The number of fused-ring (bicyclic) bond motifs is 1. The number of alkyl halides is 3. The van der Waals surface area contributed by atoms with Gasteiger partial charge in [0.15, 0.2) is 5.69 Å². The highest BCUT2D eigenvalue weighted by Crippen LogP contribution is 2.31. The number of anilines is 1. The number of aromatic nitrogens is 3. The second-order valence-corrected chi connectivity index (χ2v) is 5.96. The third-order valence-electron chi connectivity index (χ3n) is 4.07. The molecule has 2 aromatic heterocycles. The molecule has 0 fully saturated rings. The van der Waals surface area contributed by atoms with E-state index in [9.17, 15) is 18.0 Å². The molecule has 0 atom stereocenters. The molecule has 1 aliphatic rings. The minimum absolute atomic E-state index is 0.00659. The Bertz CT molecular complexity index is 802. The predicted octanol–water partition coefficient (Wildman–Crippen LogP) is 3.07. The van der Waals surface area contributed by atoms with E-state index in [1.807, 2.05) is 12.1 Å². The van der Waals surface area contributed by atoms with Crippen molar-refractivity contribution in [3.05, 3.63) is 40.8 Å². The molecule has 2 aromatic rings. The van der Waals surface area contributed by atoms with Crippen LogP contribution in [0.4, 0.5) is 19.0 Å². The Hall–Kier alpha value is -2.58. The molecule has 6 nitrogen and oxygen atoms in total. The van der Waals surface area contributed by atoms with Gasteiger partial charge in [0.2, 0.25) is 0 Å². The molecule has 9 heteroatoms. The van der Waals surface area contributed by atoms with E-state index in [2.05, 4.69) is 20.1 Å². The summed E-state index contributed by atoms with van der Waals surface area (Å²) < 4.78 is 45.1. The van der Waals surface area contributed by atoms with Gasteiger partial charge in [-0.05, 0) is 31.4 Å². The van der Waals surface area contributed by atoms with E-state index in [0.29, 0.717) is 6.42 Å². The van der Waals surface area contributed by atoms with Crippen molar-refractivity contribution < 1.29 is 22.7 Å². The molecule has 140 valence electrons. The molecule has 3 rings (SSSR count). The van der Waals surface area contributed by atoms with Gasteiger partial charge in [0, 0.05) is 31.4 Å². The monoisotopic (exact) mass is 368 g/mol. The van der Waals surface area contributed by atoms with Gasteiger partial charge in [-0.3, -0.25) is 4.68 Å². The number of hydrogen-bond acceptors (Lipinski definition) is 5. The van der Waals surface area contributed by atoms with Crippen molar-refractivity contribution in [2.24, 2.45) is 0 Å². The number of esters is 1. The highest BCUT2D eigenvalue weighted by Gasteiger charge is 2.39. The Morgan fingerprint density at radius 3 is 2.92 bits per heavy atom. The van der Waals surface area contributed by atoms with E-state index < -0.39 is 23.4 Å². The number of aryl methyl sites for hydroxylation is 3. The summed E-state index contributed by atoms with van der Waals surface area (Å²) in [5.41, 5.74) is 0.0957. The Morgan fingerprint density at radius 1 is 1.38 bits per heavy atom. The highest BCUT2D eigenvalue weighted by atomic mass is 19.4. The summed E-state index contributed by atoms with van der Waals surface area (Å²) in [7, 11) is 0. The zero-order chi connectivity index (χ0) is 18.7. The number of carbonyl (C=O) groups excluding carboxylic acids is 1. The Labute approximate surface area is 148 Å². The lowest BCUT2D eigenvalue weighted by Gasteiger charge is -2.17. The van der Waals surface area contributed by atoms with Gasteiger partial charge in [-0.1, -0.05) is 6.07 Å². The van der Waals surface area contributed by atoms with Crippen molar-refractivity contribution in [1.29, 1.82) is 0 Å². The summed E-state index contributed by atoms with van der Waals surface area (Å²) >= 11 is 0. The Balaban J connectivity index is 1.76. The van der Waals surface area contributed by atoms with Crippen LogP contribution >= 0.6 is 0 Å². The molecule has 3 heterocycles. The average Bonchev–Trinajstić information content (AvgIpc) is 3.05. The van der Waals surface area contributed by atoms with Crippen LogP contribution in [0, 0.1) is 0 Å². The number of rotatable bonds is 5. The molecule has 1 aliphatic heterocycles. The van der Waals surface area contributed by atoms with Crippen LogP contribution in [0.5, 0.6) is 0 Å². The first-order chi connectivity index (χ1) is 12.4. The van der Waals surface area contributed by atoms with E-state index in [0.717, 1.165) is 47.3 Å². The van der Waals surface area contributed by atoms with Crippen LogP contribution in [-0.2, 0) is 30.3 Å². The lowest BCUT2D eigenvalue weighted by Crippen LogP contribution is -2.15. The van der Waals surface area contributed by atoms with Crippen LogP contribution in [0.2, 0.25) is 0 Å². The first-order valence-electron chi connectivity index (χ1n) is 8.43. The van der Waals surface area contributed by atoms with Crippen molar-refractivity contribution in [1.82, 2.24) is 14.8 Å². The minimum atomic E-state index is -4.72. The van der Waals surface area contributed by atoms with Gasteiger partial charge in [0.1, 0.15) is 11.4 Å². The van der Waals surface area contributed by atoms with Gasteiger partial charge in [-0.25, -0.2) is 9.78 Å². The molecule has 0 saturated carbocycles. The van der Waals surface area contributed by atoms with E-state index in [1.165, 1.54) is 6.92 Å². The summed E-state index contributed by atoms with van der Waals surface area (Å²) in [5.74, 6) is -0.195. The Kier molecular flexibility index (Phi) is 5.15. The summed E-state index contributed by atoms with van der Waals surface area (Å²) in [4.78, 5) is 16.3. The minimum Gasteiger partial charge on any atom is -0.462 e. The normalized spacial score (nSPS) is 13.8. The maximum atomic E-state index is 13.1. The zero-order valence-electron chi connectivity index (χ0n) is 14.3. The molecule has 26 heavy (non-hydrogen) atoms. The zero-order valence-corrected chi connectivity index (χ0v) is 14.3. The number of halogens is 3. The van der Waals surface area contributed by atoms with Crippen molar-refractivity contribution in [3.8, 4) is 0 Å². The first-order valence-corrected chi connectivity index (χ1v) is 8.43. The SMILES string of the molecule is CCOC(=O)c1cn(CCc2ccc3c(n2)NCCC3)nc1C(F)(F)F. The molecule has 0 aromatic carbocycles. The summed E-state index contributed by atoms with van der Waals surface area (Å²) in [6.45, 7) is 2.56. The molecule has 0 saturated heterocycles. The number of carbonyl (C=O) groups is 1. The van der Waals surface area contributed by atoms with E-state index in [4.69, 9.17) is 0 Å². The fourth-order valence-electron chi connectivity index (χ4n) is 2.84. The van der Waals surface area contributed by atoms with Gasteiger partial charge < -0.3 is 10.1 Å². The molecular formula is C17H19F3N4O2. The topological polar surface area (TPSA) is 69.0 Å². The fraction of sp³-hybridized carbons (Fsp3) is 0.471. The average molecular weight is 368 g/mol. The van der Waals surface area contributed by atoms with E-state index in [1.54, 1.807) is 0 Å². The molecule has 0 unspecified atom stereocenters. The first kappa shape index (κ1) is 18.2. The highest BCUT2D eigenvalue weighted by molar-refractivity contribution is 5.90. The number of nitrogens with one attached hydrogen (secondary N) is 1. The maximum absolute atomic E-state index is 13.1. The lowest BCUT2D eigenvalue weighted by atomic mass is 10.1. The smallest absolute Gasteiger partial charge is 0.436 e. The van der Waals surface area contributed by atoms with Crippen molar-refractivity contribution in [2.45, 2.75) is 38.9 Å². The molecule has 0 bridgehead atoms. The van der Waals surface area contributed by atoms with Crippen molar-refractivity contribution in [2.75, 3.05) is 18.5 Å². The van der Waals surface area contributed by atoms with Crippen LogP contribution in [0.25, 0.3) is 0 Å². The van der Waals surface area contributed by atoms with Crippen LogP contribution < -0.4 is 5.32 Å². The second-order valence-electron chi connectivity index (χ2n) is 5.96. The molecular weight excluding hydrogens is 349 g/mol. The summed E-state index contributed by atoms with van der Waals surface area (Å²) in [6, 6.07) is 3.85. The Morgan fingerprint density at radius 2 is 2.19 bits per heavy atom. The fourth-order valence-corrected chi connectivity index (χ4v) is 2.84. The summed E-state index contributed by atoms with van der Waals surface area (Å²) in [5, 5.41) is 6.75. The molecule has 0 aliphatic carbocycles. The van der Waals surface area contributed by atoms with Gasteiger partial charge in [-0.15, -0.1) is 0 Å². The van der Waals surface area contributed by atoms with Crippen LogP contribution in [0.15, 0.2) is 18.3 Å². The molecule has 1 N–H and O–H groups in total. The van der Waals surface area contributed by atoms with Crippen LogP contribution in [0.3, 0.4) is 0 Å². The van der Waals surface area contributed by atoms with E-state index >= 15 is 0 Å². The largest absolute Gasteiger partial charge is 0.462 e.